The number of rotatable bonds is 4. The normalized spacial score (nSPS) is 15.3. The summed E-state index contributed by atoms with van der Waals surface area (Å²) in [7, 11) is -4.21. The van der Waals surface area contributed by atoms with E-state index in [1.54, 1.807) is 6.92 Å². The number of carbonyl (C=O) groups excluding carboxylic acids is 1. The van der Waals surface area contributed by atoms with E-state index in [0.29, 0.717) is 12.7 Å². The van der Waals surface area contributed by atoms with Crippen molar-refractivity contribution in [3.8, 4) is 0 Å². The molecule has 0 fully saturated rings. The molecule has 0 aliphatic heterocycles. The van der Waals surface area contributed by atoms with Crippen molar-refractivity contribution in [1.82, 2.24) is 4.72 Å². The van der Waals surface area contributed by atoms with E-state index in [1.807, 2.05) is 0 Å². The summed E-state index contributed by atoms with van der Waals surface area (Å²) in [4.78, 5) is 10.6. The van der Waals surface area contributed by atoms with Crippen molar-refractivity contribution in [2.45, 2.75) is 23.7 Å². The monoisotopic (exact) mass is 327 g/mol. The molecule has 0 aliphatic rings. The topological polar surface area (TPSA) is 92.7 Å². The minimum atomic E-state index is -5.60. The largest absolute Gasteiger partial charge is 0.466 e. The smallest absolute Gasteiger partial charge is 0.443 e. The lowest BCUT2D eigenvalue weighted by Gasteiger charge is -2.27. The molecule has 0 saturated heterocycles. The SMILES string of the molecule is COC(=O)C(O)(NS(=O)(=O)c1ccc(C)cc1)C(F)(F)F. The Morgan fingerprint density at radius 2 is 1.71 bits per heavy atom. The van der Waals surface area contributed by atoms with Gasteiger partial charge >= 0.3 is 17.9 Å². The summed E-state index contributed by atoms with van der Waals surface area (Å²) in [5.41, 5.74) is -3.70. The Hall–Kier alpha value is -1.65. The lowest BCUT2D eigenvalue weighted by Crippen LogP contribution is -2.64. The van der Waals surface area contributed by atoms with Crippen molar-refractivity contribution in [2.75, 3.05) is 7.11 Å². The van der Waals surface area contributed by atoms with Gasteiger partial charge in [-0.3, -0.25) is 0 Å². The molecule has 118 valence electrons. The zero-order chi connectivity index (χ0) is 16.5. The van der Waals surface area contributed by atoms with Crippen molar-refractivity contribution in [3.05, 3.63) is 29.8 Å². The Kier molecular flexibility index (Phi) is 4.66. The second-order valence-corrected chi connectivity index (χ2v) is 5.80. The number of methoxy groups -OCH3 is 1. The van der Waals surface area contributed by atoms with Gasteiger partial charge < -0.3 is 9.84 Å². The lowest BCUT2D eigenvalue weighted by molar-refractivity contribution is -0.265. The van der Waals surface area contributed by atoms with Crippen molar-refractivity contribution >= 4 is 16.0 Å². The molecule has 0 amide bonds. The molecule has 6 nitrogen and oxygen atoms in total. The van der Waals surface area contributed by atoms with E-state index >= 15 is 0 Å². The predicted octanol–water partition coefficient (Wildman–Crippen LogP) is 0.697. The summed E-state index contributed by atoms with van der Waals surface area (Å²) in [6.07, 6.45) is -5.60. The van der Waals surface area contributed by atoms with Crippen molar-refractivity contribution < 1.29 is 36.2 Å². The van der Waals surface area contributed by atoms with E-state index in [1.165, 1.54) is 12.1 Å². The second kappa shape index (κ2) is 5.62. The lowest BCUT2D eigenvalue weighted by atomic mass is 10.2. The molecule has 10 heteroatoms. The Morgan fingerprint density at radius 3 is 2.10 bits per heavy atom. The van der Waals surface area contributed by atoms with E-state index in [4.69, 9.17) is 0 Å². The summed E-state index contributed by atoms with van der Waals surface area (Å²) in [6.45, 7) is 1.64. The van der Waals surface area contributed by atoms with Gasteiger partial charge in [0.25, 0.3) is 0 Å². The highest BCUT2D eigenvalue weighted by molar-refractivity contribution is 7.89. The molecular weight excluding hydrogens is 315 g/mol. The number of ether oxygens (including phenoxy) is 1. The number of benzene rings is 1. The number of carbonyl (C=O) groups is 1. The first-order valence-corrected chi connectivity index (χ1v) is 6.90. The number of aryl methyl sites for hydroxylation is 1. The van der Waals surface area contributed by atoms with Crippen LogP contribution in [0.3, 0.4) is 0 Å². The van der Waals surface area contributed by atoms with Crippen molar-refractivity contribution in [1.29, 1.82) is 0 Å². The van der Waals surface area contributed by atoms with E-state index in [2.05, 4.69) is 4.74 Å². The number of hydrogen-bond acceptors (Lipinski definition) is 5. The van der Waals surface area contributed by atoms with Crippen LogP contribution in [0.4, 0.5) is 13.2 Å². The fraction of sp³-hybridized carbons (Fsp3) is 0.364. The van der Waals surface area contributed by atoms with Crippen LogP contribution in [-0.2, 0) is 19.6 Å². The average Bonchev–Trinajstić information content (AvgIpc) is 2.36. The van der Waals surface area contributed by atoms with Crippen LogP contribution < -0.4 is 4.72 Å². The highest BCUT2D eigenvalue weighted by Crippen LogP contribution is 2.31. The van der Waals surface area contributed by atoms with Crippen LogP contribution in [-0.4, -0.2) is 38.5 Å². The maximum Gasteiger partial charge on any atom is 0.443 e. The maximum absolute atomic E-state index is 12.8. The van der Waals surface area contributed by atoms with Gasteiger partial charge in [0.1, 0.15) is 0 Å². The van der Waals surface area contributed by atoms with Gasteiger partial charge in [0.2, 0.25) is 10.0 Å². The fourth-order valence-electron chi connectivity index (χ4n) is 1.33. The summed E-state index contributed by atoms with van der Waals surface area (Å²) < 4.78 is 66.7. The predicted molar refractivity (Wildman–Crippen MR) is 64.5 cm³/mol. The van der Waals surface area contributed by atoms with Gasteiger partial charge in [0.15, 0.2) is 0 Å². The molecule has 21 heavy (non-hydrogen) atoms. The van der Waals surface area contributed by atoms with Gasteiger partial charge in [-0.1, -0.05) is 17.7 Å². The van der Waals surface area contributed by atoms with E-state index in [9.17, 15) is 31.5 Å². The third-order valence-electron chi connectivity index (χ3n) is 2.50. The molecule has 0 bridgehead atoms. The molecule has 0 heterocycles. The van der Waals surface area contributed by atoms with Crippen molar-refractivity contribution in [3.63, 3.8) is 0 Å². The van der Waals surface area contributed by atoms with Gasteiger partial charge in [-0.2, -0.15) is 17.9 Å². The first-order chi connectivity index (χ1) is 9.44. The van der Waals surface area contributed by atoms with Crippen LogP contribution in [0.1, 0.15) is 5.56 Å². The summed E-state index contributed by atoms with van der Waals surface area (Å²) >= 11 is 0. The van der Waals surface area contributed by atoms with Gasteiger partial charge in [0.05, 0.1) is 12.0 Å². The third kappa shape index (κ3) is 3.52. The maximum atomic E-state index is 12.8. The van der Waals surface area contributed by atoms with Gasteiger partial charge in [-0.25, -0.2) is 13.2 Å². The zero-order valence-corrected chi connectivity index (χ0v) is 11.7. The van der Waals surface area contributed by atoms with Crippen LogP contribution in [0.25, 0.3) is 0 Å². The van der Waals surface area contributed by atoms with Crippen LogP contribution >= 0.6 is 0 Å². The summed E-state index contributed by atoms with van der Waals surface area (Å²) in [6, 6.07) is 4.76. The molecule has 0 radical (unpaired) electrons. The molecule has 1 unspecified atom stereocenters. The minimum Gasteiger partial charge on any atom is -0.466 e. The molecule has 1 aromatic rings. The van der Waals surface area contributed by atoms with E-state index in [-0.39, 0.29) is 0 Å². The number of hydrogen-bond donors (Lipinski definition) is 2. The first-order valence-electron chi connectivity index (χ1n) is 5.42. The summed E-state index contributed by atoms with van der Waals surface area (Å²) in [5.74, 6) is -2.19. The fourth-order valence-corrected chi connectivity index (χ4v) is 2.53. The third-order valence-corrected chi connectivity index (χ3v) is 3.96. The molecule has 1 atom stereocenters. The van der Waals surface area contributed by atoms with Gasteiger partial charge in [0, 0.05) is 0 Å². The molecule has 1 rings (SSSR count). The summed E-state index contributed by atoms with van der Waals surface area (Å²) in [5, 5.41) is 9.38. The highest BCUT2D eigenvalue weighted by atomic mass is 32.2. The average molecular weight is 327 g/mol. The second-order valence-electron chi connectivity index (χ2n) is 4.12. The van der Waals surface area contributed by atoms with Crippen LogP contribution in [0.15, 0.2) is 29.2 Å². The van der Waals surface area contributed by atoms with Crippen LogP contribution in [0, 0.1) is 6.92 Å². The molecule has 1 aromatic carbocycles. The van der Waals surface area contributed by atoms with E-state index < -0.39 is 32.8 Å². The Labute approximate surface area is 118 Å². The quantitative estimate of drug-likeness (QED) is 0.627. The van der Waals surface area contributed by atoms with Crippen LogP contribution in [0.2, 0.25) is 0 Å². The zero-order valence-electron chi connectivity index (χ0n) is 10.9. The number of sulfonamides is 1. The molecule has 0 aliphatic carbocycles. The molecule has 0 aromatic heterocycles. The first kappa shape index (κ1) is 17.4. The Balaban J connectivity index is 3.26. The number of aliphatic hydroxyl groups is 1. The number of esters is 1. The van der Waals surface area contributed by atoms with Gasteiger partial charge in [-0.15, -0.1) is 0 Å². The number of halogens is 3. The highest BCUT2D eigenvalue weighted by Gasteiger charge is 2.63. The minimum absolute atomic E-state index is 0.542. The Morgan fingerprint density at radius 1 is 1.24 bits per heavy atom. The van der Waals surface area contributed by atoms with Crippen molar-refractivity contribution in [2.24, 2.45) is 0 Å². The number of alkyl halides is 3. The Bertz CT molecular complexity index is 626. The van der Waals surface area contributed by atoms with Crippen LogP contribution in [0.5, 0.6) is 0 Å². The number of nitrogens with one attached hydrogen (secondary N) is 1. The molecule has 0 saturated carbocycles. The molecular formula is C11H12F3NO5S. The van der Waals surface area contributed by atoms with E-state index in [0.717, 1.165) is 16.9 Å². The molecule has 0 spiro atoms. The van der Waals surface area contributed by atoms with Gasteiger partial charge in [-0.05, 0) is 19.1 Å². The molecule has 2 N–H and O–H groups in total. The standard InChI is InChI=1S/C11H12F3NO5S/c1-7-3-5-8(6-4-7)21(18,19)15-10(17,9(16)20-2)11(12,13)14/h3-6,15,17H,1-2H3.